The molecule has 0 aliphatic carbocycles. The van der Waals surface area contributed by atoms with Gasteiger partial charge in [0.05, 0.1) is 17.6 Å². The molecule has 1 atom stereocenters. The summed E-state index contributed by atoms with van der Waals surface area (Å²) in [5, 5.41) is 8.92. The number of aromatic nitrogens is 1. The number of rotatable bonds is 3. The molecule has 2 aliphatic rings. The number of carboxylic acid groups (broad SMARTS) is 1. The molecule has 3 heterocycles. The van der Waals surface area contributed by atoms with E-state index in [2.05, 4.69) is 9.88 Å². The van der Waals surface area contributed by atoms with Gasteiger partial charge in [-0.25, -0.2) is 9.78 Å². The molecule has 0 bridgehead atoms. The standard InChI is InChI=1S/C17H23N3O4/c1-17(5-2-10-24-12-17)16(23)20-8-6-19(7-9-20)14-4-3-13(11-18-14)15(21)22/h3-4,11H,2,5-10,12H2,1H3,(H,21,22). The van der Waals surface area contributed by atoms with Crippen molar-refractivity contribution in [1.29, 1.82) is 0 Å². The van der Waals surface area contributed by atoms with Gasteiger partial charge in [0.25, 0.3) is 0 Å². The fourth-order valence-corrected chi connectivity index (χ4v) is 3.32. The van der Waals surface area contributed by atoms with Gasteiger partial charge >= 0.3 is 5.97 Å². The zero-order valence-corrected chi connectivity index (χ0v) is 13.9. The number of aromatic carboxylic acids is 1. The number of piperazine rings is 1. The van der Waals surface area contributed by atoms with Crippen molar-refractivity contribution < 1.29 is 19.4 Å². The molecule has 2 saturated heterocycles. The molecule has 1 unspecified atom stereocenters. The Morgan fingerprint density at radius 1 is 1.25 bits per heavy atom. The highest BCUT2D eigenvalue weighted by molar-refractivity contribution is 5.87. The van der Waals surface area contributed by atoms with Crippen LogP contribution in [0.3, 0.4) is 0 Å². The summed E-state index contributed by atoms with van der Waals surface area (Å²) in [6, 6.07) is 3.28. The van der Waals surface area contributed by atoms with E-state index in [0.717, 1.165) is 25.3 Å². The van der Waals surface area contributed by atoms with E-state index in [1.165, 1.54) is 6.20 Å². The van der Waals surface area contributed by atoms with Gasteiger partial charge in [0.2, 0.25) is 5.91 Å². The predicted molar refractivity (Wildman–Crippen MR) is 88.1 cm³/mol. The maximum absolute atomic E-state index is 12.8. The third-order valence-electron chi connectivity index (χ3n) is 4.84. The first kappa shape index (κ1) is 16.7. The minimum absolute atomic E-state index is 0.177. The quantitative estimate of drug-likeness (QED) is 0.896. The first-order chi connectivity index (χ1) is 11.5. The number of carbonyl (C=O) groups excluding carboxylic acids is 1. The van der Waals surface area contributed by atoms with Crippen molar-refractivity contribution in [1.82, 2.24) is 9.88 Å². The number of amides is 1. The molecule has 0 saturated carbocycles. The Balaban J connectivity index is 1.59. The van der Waals surface area contributed by atoms with Crippen LogP contribution in [0.4, 0.5) is 5.82 Å². The Morgan fingerprint density at radius 2 is 2.00 bits per heavy atom. The number of hydrogen-bond acceptors (Lipinski definition) is 5. The summed E-state index contributed by atoms with van der Waals surface area (Å²) in [4.78, 5) is 31.9. The summed E-state index contributed by atoms with van der Waals surface area (Å²) in [5.74, 6) is -0.0530. The molecule has 0 spiro atoms. The summed E-state index contributed by atoms with van der Waals surface area (Å²) in [5.41, 5.74) is -0.222. The Morgan fingerprint density at radius 3 is 2.54 bits per heavy atom. The zero-order valence-electron chi connectivity index (χ0n) is 13.9. The molecular weight excluding hydrogens is 310 g/mol. The molecular formula is C17H23N3O4. The van der Waals surface area contributed by atoms with Gasteiger partial charge in [0, 0.05) is 39.0 Å². The van der Waals surface area contributed by atoms with E-state index in [0.29, 0.717) is 32.8 Å². The van der Waals surface area contributed by atoms with Gasteiger partial charge < -0.3 is 19.6 Å². The van der Waals surface area contributed by atoms with Gasteiger partial charge in [-0.2, -0.15) is 0 Å². The summed E-state index contributed by atoms with van der Waals surface area (Å²) in [6.07, 6.45) is 3.18. The molecule has 130 valence electrons. The average Bonchev–Trinajstić information content (AvgIpc) is 2.62. The normalized spacial score (nSPS) is 24.7. The van der Waals surface area contributed by atoms with Crippen molar-refractivity contribution in [2.75, 3.05) is 44.3 Å². The monoisotopic (exact) mass is 333 g/mol. The first-order valence-corrected chi connectivity index (χ1v) is 8.31. The van der Waals surface area contributed by atoms with Crippen molar-refractivity contribution in [3.8, 4) is 0 Å². The van der Waals surface area contributed by atoms with Crippen molar-refractivity contribution in [2.24, 2.45) is 5.41 Å². The van der Waals surface area contributed by atoms with E-state index in [-0.39, 0.29) is 11.5 Å². The van der Waals surface area contributed by atoms with Crippen LogP contribution in [0.5, 0.6) is 0 Å². The van der Waals surface area contributed by atoms with E-state index in [1.54, 1.807) is 12.1 Å². The molecule has 2 fully saturated rings. The van der Waals surface area contributed by atoms with Crippen molar-refractivity contribution in [3.05, 3.63) is 23.9 Å². The van der Waals surface area contributed by atoms with Gasteiger partial charge in [-0.1, -0.05) is 0 Å². The van der Waals surface area contributed by atoms with Crippen LogP contribution in [0.15, 0.2) is 18.3 Å². The summed E-state index contributed by atoms with van der Waals surface area (Å²) in [7, 11) is 0. The molecule has 3 rings (SSSR count). The Bertz CT molecular complexity index is 603. The number of nitrogens with zero attached hydrogens (tertiary/aromatic N) is 3. The number of pyridine rings is 1. The number of hydrogen-bond donors (Lipinski definition) is 1. The number of anilines is 1. The second kappa shape index (κ2) is 6.76. The minimum atomic E-state index is -0.979. The average molecular weight is 333 g/mol. The van der Waals surface area contributed by atoms with E-state index >= 15 is 0 Å². The largest absolute Gasteiger partial charge is 0.478 e. The van der Waals surface area contributed by atoms with Gasteiger partial charge in [-0.05, 0) is 31.9 Å². The van der Waals surface area contributed by atoms with Crippen LogP contribution in [0.2, 0.25) is 0 Å². The molecule has 1 aromatic rings. The van der Waals surface area contributed by atoms with Crippen LogP contribution in [0.1, 0.15) is 30.1 Å². The highest BCUT2D eigenvalue weighted by Gasteiger charge is 2.39. The molecule has 0 radical (unpaired) electrons. The van der Waals surface area contributed by atoms with Crippen LogP contribution in [-0.4, -0.2) is 66.3 Å². The molecule has 7 nitrogen and oxygen atoms in total. The molecule has 1 N–H and O–H groups in total. The highest BCUT2D eigenvalue weighted by Crippen LogP contribution is 2.30. The lowest BCUT2D eigenvalue weighted by Gasteiger charge is -2.41. The fraction of sp³-hybridized carbons (Fsp3) is 0.588. The maximum Gasteiger partial charge on any atom is 0.337 e. The minimum Gasteiger partial charge on any atom is -0.478 e. The van der Waals surface area contributed by atoms with Crippen LogP contribution in [0.25, 0.3) is 0 Å². The smallest absolute Gasteiger partial charge is 0.337 e. The summed E-state index contributed by atoms with van der Waals surface area (Å²) >= 11 is 0. The van der Waals surface area contributed by atoms with Crippen molar-refractivity contribution in [3.63, 3.8) is 0 Å². The first-order valence-electron chi connectivity index (χ1n) is 8.31. The molecule has 7 heteroatoms. The topological polar surface area (TPSA) is 83.0 Å². The second-order valence-electron chi connectivity index (χ2n) is 6.71. The Hall–Kier alpha value is -2.15. The second-order valence-corrected chi connectivity index (χ2v) is 6.71. The van der Waals surface area contributed by atoms with Crippen molar-refractivity contribution >= 4 is 17.7 Å². The summed E-state index contributed by atoms with van der Waals surface area (Å²) in [6.45, 7) is 5.93. The third-order valence-corrected chi connectivity index (χ3v) is 4.84. The van der Waals surface area contributed by atoms with Gasteiger partial charge in [0.15, 0.2) is 0 Å². The third kappa shape index (κ3) is 3.36. The molecule has 1 amide bonds. The van der Waals surface area contributed by atoms with E-state index in [4.69, 9.17) is 9.84 Å². The van der Waals surface area contributed by atoms with Gasteiger partial charge in [-0.15, -0.1) is 0 Å². The van der Waals surface area contributed by atoms with Gasteiger partial charge in [-0.3, -0.25) is 4.79 Å². The molecule has 2 aliphatic heterocycles. The van der Waals surface area contributed by atoms with Crippen LogP contribution in [-0.2, 0) is 9.53 Å². The van der Waals surface area contributed by atoms with Crippen LogP contribution >= 0.6 is 0 Å². The van der Waals surface area contributed by atoms with Gasteiger partial charge in [0.1, 0.15) is 5.82 Å². The maximum atomic E-state index is 12.8. The number of ether oxygens (including phenoxy) is 1. The molecule has 1 aromatic heterocycles. The van der Waals surface area contributed by atoms with Crippen molar-refractivity contribution in [2.45, 2.75) is 19.8 Å². The number of carboxylic acids is 1. The number of carbonyl (C=O) groups is 2. The Kier molecular flexibility index (Phi) is 4.71. The fourth-order valence-electron chi connectivity index (χ4n) is 3.32. The Labute approximate surface area is 141 Å². The van der Waals surface area contributed by atoms with E-state index < -0.39 is 11.4 Å². The highest BCUT2D eigenvalue weighted by atomic mass is 16.5. The van der Waals surface area contributed by atoms with E-state index in [9.17, 15) is 9.59 Å². The lowest BCUT2D eigenvalue weighted by atomic mass is 9.83. The lowest BCUT2D eigenvalue weighted by molar-refractivity contribution is -0.149. The lowest BCUT2D eigenvalue weighted by Crippen LogP contribution is -2.54. The predicted octanol–water partition coefficient (Wildman–Crippen LogP) is 1.25. The van der Waals surface area contributed by atoms with E-state index in [1.807, 2.05) is 11.8 Å². The zero-order chi connectivity index (χ0) is 17.2. The molecule has 0 aromatic carbocycles. The SMILES string of the molecule is CC1(C(=O)N2CCN(c3ccc(C(=O)O)cn3)CC2)CCCOC1. The summed E-state index contributed by atoms with van der Waals surface area (Å²) < 4.78 is 5.50. The molecule has 24 heavy (non-hydrogen) atoms. The van der Waals surface area contributed by atoms with Crippen LogP contribution < -0.4 is 4.90 Å². The van der Waals surface area contributed by atoms with Crippen LogP contribution in [0, 0.1) is 5.41 Å².